The maximum Gasteiger partial charge on any atom is 0.103 e. The van der Waals surface area contributed by atoms with Gasteiger partial charge in [0.1, 0.15) is 5.54 Å². The van der Waals surface area contributed by atoms with E-state index in [0.29, 0.717) is 6.54 Å². The number of hydrogen-bond donors (Lipinski definition) is 1. The van der Waals surface area contributed by atoms with Gasteiger partial charge in [-0.05, 0) is 31.8 Å². The van der Waals surface area contributed by atoms with Crippen LogP contribution in [0.3, 0.4) is 0 Å². The molecule has 0 aromatic rings. The summed E-state index contributed by atoms with van der Waals surface area (Å²) in [4.78, 5) is 2.68. The molecule has 90 valence electrons. The Morgan fingerprint density at radius 2 is 2.19 bits per heavy atom. The highest BCUT2D eigenvalue weighted by Crippen LogP contribution is 2.13. The van der Waals surface area contributed by atoms with Crippen LogP contribution in [0.25, 0.3) is 10.4 Å². The molecule has 16 heavy (non-hydrogen) atoms. The lowest BCUT2D eigenvalue weighted by Crippen LogP contribution is -2.41. The van der Waals surface area contributed by atoms with E-state index in [4.69, 9.17) is 10.8 Å². The number of hydrogen-bond acceptors (Lipinski definition) is 3. The Morgan fingerprint density at radius 3 is 2.75 bits per heavy atom. The molecule has 0 aliphatic rings. The van der Waals surface area contributed by atoms with Crippen molar-refractivity contribution in [3.05, 3.63) is 10.4 Å². The summed E-state index contributed by atoms with van der Waals surface area (Å²) in [6.45, 7) is 5.28. The van der Waals surface area contributed by atoms with Crippen LogP contribution in [-0.2, 0) is 0 Å². The van der Waals surface area contributed by atoms with Crippen LogP contribution in [0.4, 0.5) is 0 Å². The van der Waals surface area contributed by atoms with E-state index in [0.717, 1.165) is 32.2 Å². The molecule has 0 amide bonds. The molecule has 0 rings (SSSR count). The van der Waals surface area contributed by atoms with Gasteiger partial charge < -0.3 is 0 Å². The topological polar surface area (TPSA) is 84.6 Å². The first-order valence-corrected chi connectivity index (χ1v) is 5.85. The van der Waals surface area contributed by atoms with Gasteiger partial charge >= 0.3 is 0 Å². The first kappa shape index (κ1) is 14.8. The van der Waals surface area contributed by atoms with Crippen LogP contribution in [0.1, 0.15) is 46.0 Å². The van der Waals surface area contributed by atoms with E-state index in [9.17, 15) is 0 Å². The minimum absolute atomic E-state index is 0.439. The molecule has 0 aliphatic heterocycles. The third-order valence-corrected chi connectivity index (χ3v) is 2.54. The van der Waals surface area contributed by atoms with Crippen LogP contribution in [-0.4, -0.2) is 18.6 Å². The van der Waals surface area contributed by atoms with E-state index in [-0.39, 0.29) is 0 Å². The van der Waals surface area contributed by atoms with Crippen molar-refractivity contribution in [3.63, 3.8) is 0 Å². The van der Waals surface area contributed by atoms with Crippen LogP contribution in [0, 0.1) is 11.3 Å². The standard InChI is InChI=1S/C11H21N5/c1-3-4-5-7-11(2,10-12)14-8-6-9-15-16-13/h14H,3-9H2,1-2H3. The van der Waals surface area contributed by atoms with Gasteiger partial charge in [-0.15, -0.1) is 0 Å². The first-order valence-electron chi connectivity index (χ1n) is 5.85. The van der Waals surface area contributed by atoms with Crippen molar-refractivity contribution in [2.24, 2.45) is 5.11 Å². The number of nitrogens with one attached hydrogen (secondary N) is 1. The van der Waals surface area contributed by atoms with Gasteiger partial charge in [-0.2, -0.15) is 5.26 Å². The fourth-order valence-corrected chi connectivity index (χ4v) is 1.47. The average molecular weight is 223 g/mol. The van der Waals surface area contributed by atoms with Crippen molar-refractivity contribution < 1.29 is 0 Å². The lowest BCUT2D eigenvalue weighted by Gasteiger charge is -2.23. The van der Waals surface area contributed by atoms with E-state index in [1.54, 1.807) is 0 Å². The Morgan fingerprint density at radius 1 is 1.44 bits per heavy atom. The van der Waals surface area contributed by atoms with Crippen molar-refractivity contribution in [2.75, 3.05) is 13.1 Å². The summed E-state index contributed by atoms with van der Waals surface area (Å²) >= 11 is 0. The Balaban J connectivity index is 3.79. The molecule has 0 spiro atoms. The molecule has 1 N–H and O–H groups in total. The van der Waals surface area contributed by atoms with Gasteiger partial charge in [0.15, 0.2) is 0 Å². The average Bonchev–Trinajstić information content (AvgIpc) is 2.29. The van der Waals surface area contributed by atoms with E-state index in [1.807, 2.05) is 6.92 Å². The maximum atomic E-state index is 9.09. The normalized spacial score (nSPS) is 13.6. The molecular weight excluding hydrogens is 202 g/mol. The van der Waals surface area contributed by atoms with Gasteiger partial charge in [-0.3, -0.25) is 5.32 Å². The summed E-state index contributed by atoms with van der Waals surface area (Å²) in [6.07, 6.45) is 5.05. The summed E-state index contributed by atoms with van der Waals surface area (Å²) < 4.78 is 0. The van der Waals surface area contributed by atoms with Gasteiger partial charge in [-0.1, -0.05) is 31.3 Å². The first-order chi connectivity index (χ1) is 7.68. The van der Waals surface area contributed by atoms with E-state index in [2.05, 4.69) is 28.3 Å². The lowest BCUT2D eigenvalue weighted by atomic mass is 9.96. The highest BCUT2D eigenvalue weighted by Gasteiger charge is 2.21. The lowest BCUT2D eigenvalue weighted by molar-refractivity contribution is 0.399. The van der Waals surface area contributed by atoms with E-state index >= 15 is 0 Å². The quantitative estimate of drug-likeness (QED) is 0.282. The highest BCUT2D eigenvalue weighted by atomic mass is 15.1. The number of nitriles is 1. The van der Waals surface area contributed by atoms with Crippen molar-refractivity contribution in [1.29, 1.82) is 5.26 Å². The Kier molecular flexibility index (Phi) is 8.32. The molecule has 5 nitrogen and oxygen atoms in total. The van der Waals surface area contributed by atoms with Gasteiger partial charge in [-0.25, -0.2) is 0 Å². The molecule has 0 heterocycles. The predicted molar refractivity (Wildman–Crippen MR) is 64.8 cm³/mol. The summed E-state index contributed by atoms with van der Waals surface area (Å²) in [5.74, 6) is 0. The minimum atomic E-state index is -0.439. The van der Waals surface area contributed by atoms with Gasteiger partial charge in [0, 0.05) is 11.5 Å². The molecule has 0 saturated carbocycles. The second-order valence-electron chi connectivity index (χ2n) is 4.14. The van der Waals surface area contributed by atoms with Gasteiger partial charge in [0.25, 0.3) is 0 Å². The van der Waals surface area contributed by atoms with Gasteiger partial charge in [0.05, 0.1) is 6.07 Å². The van der Waals surface area contributed by atoms with E-state index in [1.165, 1.54) is 6.42 Å². The SMILES string of the molecule is CCCCCC(C)(C#N)NCCCN=[N+]=[N-]. The fourth-order valence-electron chi connectivity index (χ4n) is 1.47. The minimum Gasteiger partial charge on any atom is -0.300 e. The zero-order valence-electron chi connectivity index (χ0n) is 10.2. The summed E-state index contributed by atoms with van der Waals surface area (Å²) in [7, 11) is 0. The zero-order chi connectivity index (χ0) is 12.3. The molecule has 0 fully saturated rings. The second-order valence-corrected chi connectivity index (χ2v) is 4.14. The maximum absolute atomic E-state index is 9.09. The third kappa shape index (κ3) is 7.10. The second kappa shape index (κ2) is 9.02. The predicted octanol–water partition coefficient (Wildman–Crippen LogP) is 3.14. The number of rotatable bonds is 9. The van der Waals surface area contributed by atoms with E-state index < -0.39 is 5.54 Å². The molecule has 5 heteroatoms. The molecule has 0 aliphatic carbocycles. The molecule has 0 radical (unpaired) electrons. The molecular formula is C11H21N5. The molecule has 1 atom stereocenters. The highest BCUT2D eigenvalue weighted by molar-refractivity contribution is 5.03. The number of azide groups is 1. The Labute approximate surface area is 97.5 Å². The largest absolute Gasteiger partial charge is 0.300 e. The van der Waals surface area contributed by atoms with Crippen LogP contribution in [0.15, 0.2) is 5.11 Å². The summed E-state index contributed by atoms with van der Waals surface area (Å²) in [6, 6.07) is 2.31. The summed E-state index contributed by atoms with van der Waals surface area (Å²) in [5.41, 5.74) is 7.66. The van der Waals surface area contributed by atoms with Crippen molar-refractivity contribution in [2.45, 2.75) is 51.5 Å². The Bertz CT molecular complexity index is 264. The number of unbranched alkanes of at least 4 members (excludes halogenated alkanes) is 2. The molecule has 1 unspecified atom stereocenters. The fraction of sp³-hybridized carbons (Fsp3) is 0.909. The van der Waals surface area contributed by atoms with Crippen molar-refractivity contribution in [3.8, 4) is 6.07 Å². The van der Waals surface area contributed by atoms with Crippen molar-refractivity contribution in [1.82, 2.24) is 5.32 Å². The summed E-state index contributed by atoms with van der Waals surface area (Å²) in [5, 5.41) is 15.8. The molecule has 0 aromatic carbocycles. The molecule has 0 saturated heterocycles. The monoisotopic (exact) mass is 223 g/mol. The molecule has 0 bridgehead atoms. The smallest absolute Gasteiger partial charge is 0.103 e. The van der Waals surface area contributed by atoms with Crippen LogP contribution in [0.2, 0.25) is 0 Å². The van der Waals surface area contributed by atoms with Crippen LogP contribution in [0.5, 0.6) is 0 Å². The van der Waals surface area contributed by atoms with Crippen molar-refractivity contribution >= 4 is 0 Å². The third-order valence-electron chi connectivity index (χ3n) is 2.54. The number of nitrogens with zero attached hydrogens (tertiary/aromatic N) is 4. The van der Waals surface area contributed by atoms with Gasteiger partial charge in [0.2, 0.25) is 0 Å². The van der Waals surface area contributed by atoms with Crippen LogP contribution >= 0.6 is 0 Å². The Hall–Kier alpha value is -1.24. The molecule has 0 aromatic heterocycles. The zero-order valence-corrected chi connectivity index (χ0v) is 10.2. The van der Waals surface area contributed by atoms with Crippen LogP contribution < -0.4 is 5.32 Å².